The third kappa shape index (κ3) is 4.79. The third-order valence-corrected chi connectivity index (χ3v) is 5.70. The van der Waals surface area contributed by atoms with E-state index in [2.05, 4.69) is 4.99 Å². The standard InChI is InChI=1S/C21H15ClN2O6S/c1-11(16-10-31-20(19(16)26)13-3-2-4-14(22)7-13)23-9-18(25)12-5-6-15(21(27)28)17(8-12)24(29)30/h2-8,10,26H,9H2,1H3,(H,27,28). The van der Waals surface area contributed by atoms with Gasteiger partial charge in [-0.1, -0.05) is 23.7 Å². The van der Waals surface area contributed by atoms with Crippen molar-refractivity contribution in [1.82, 2.24) is 0 Å². The SMILES string of the molecule is CC(=NCC(=O)c1ccc(C(=O)O)c([N+](=O)[O-])c1)c1csc(-c2cccc(Cl)c2)c1O. The van der Waals surface area contributed by atoms with Crippen LogP contribution in [0.3, 0.4) is 0 Å². The second kappa shape index (κ2) is 9.07. The maximum Gasteiger partial charge on any atom is 0.342 e. The molecule has 31 heavy (non-hydrogen) atoms. The molecule has 0 atom stereocenters. The number of hydrogen-bond acceptors (Lipinski definition) is 7. The first kappa shape index (κ1) is 22.1. The summed E-state index contributed by atoms with van der Waals surface area (Å²) >= 11 is 7.31. The van der Waals surface area contributed by atoms with Crippen LogP contribution in [0, 0.1) is 10.1 Å². The Morgan fingerprint density at radius 2 is 1.94 bits per heavy atom. The Morgan fingerprint density at radius 3 is 2.58 bits per heavy atom. The highest BCUT2D eigenvalue weighted by Crippen LogP contribution is 2.39. The van der Waals surface area contributed by atoms with E-state index in [0.29, 0.717) is 21.2 Å². The molecule has 0 unspecified atom stereocenters. The first-order valence-corrected chi connectivity index (χ1v) is 10.1. The van der Waals surface area contributed by atoms with Gasteiger partial charge in [-0.05, 0) is 36.8 Å². The number of benzene rings is 2. The number of halogens is 1. The van der Waals surface area contributed by atoms with Crippen molar-refractivity contribution in [3.8, 4) is 16.2 Å². The Bertz CT molecular complexity index is 1230. The fourth-order valence-electron chi connectivity index (χ4n) is 2.85. The molecule has 2 N–H and O–H groups in total. The van der Waals surface area contributed by atoms with Gasteiger partial charge < -0.3 is 10.2 Å². The molecule has 1 heterocycles. The fraction of sp³-hybridized carbons (Fsp3) is 0.0952. The molecule has 2 aromatic carbocycles. The lowest BCUT2D eigenvalue weighted by molar-refractivity contribution is -0.385. The van der Waals surface area contributed by atoms with Gasteiger partial charge in [-0.2, -0.15) is 0 Å². The van der Waals surface area contributed by atoms with Gasteiger partial charge in [0.2, 0.25) is 0 Å². The predicted molar refractivity (Wildman–Crippen MR) is 118 cm³/mol. The van der Waals surface area contributed by atoms with Gasteiger partial charge in [0, 0.05) is 33.3 Å². The molecule has 0 aliphatic rings. The number of carbonyl (C=O) groups excluding carboxylic acids is 1. The average molecular weight is 459 g/mol. The zero-order chi connectivity index (χ0) is 22.7. The minimum absolute atomic E-state index is 0.0161. The van der Waals surface area contributed by atoms with E-state index in [1.54, 1.807) is 30.5 Å². The molecule has 0 radical (unpaired) electrons. The van der Waals surface area contributed by atoms with Crippen molar-refractivity contribution in [2.45, 2.75) is 6.92 Å². The molecule has 0 fully saturated rings. The molecule has 0 bridgehead atoms. The number of carbonyl (C=O) groups is 2. The van der Waals surface area contributed by atoms with Crippen molar-refractivity contribution in [2.24, 2.45) is 4.99 Å². The Balaban J connectivity index is 1.83. The van der Waals surface area contributed by atoms with E-state index in [-0.39, 0.29) is 17.9 Å². The van der Waals surface area contributed by atoms with Crippen LogP contribution in [-0.2, 0) is 0 Å². The number of nitrogens with zero attached hydrogens (tertiary/aromatic N) is 2. The van der Waals surface area contributed by atoms with Gasteiger partial charge in [-0.3, -0.25) is 19.9 Å². The van der Waals surface area contributed by atoms with Crippen LogP contribution in [0.25, 0.3) is 10.4 Å². The second-order valence-electron chi connectivity index (χ2n) is 6.46. The molecule has 10 heteroatoms. The van der Waals surface area contributed by atoms with Crippen molar-refractivity contribution >= 4 is 46.1 Å². The number of rotatable bonds is 7. The maximum atomic E-state index is 12.4. The predicted octanol–water partition coefficient (Wildman–Crippen LogP) is 5.07. The number of carboxylic acid groups (broad SMARTS) is 1. The Morgan fingerprint density at radius 1 is 1.19 bits per heavy atom. The first-order valence-electron chi connectivity index (χ1n) is 8.81. The summed E-state index contributed by atoms with van der Waals surface area (Å²) < 4.78 is 0. The molecule has 3 aromatic rings. The van der Waals surface area contributed by atoms with Gasteiger partial charge in [-0.25, -0.2) is 4.79 Å². The van der Waals surface area contributed by atoms with Gasteiger partial charge >= 0.3 is 5.97 Å². The largest absolute Gasteiger partial charge is 0.506 e. The zero-order valence-electron chi connectivity index (χ0n) is 16.0. The number of aromatic carboxylic acids is 1. The maximum absolute atomic E-state index is 12.4. The molecule has 0 aliphatic heterocycles. The number of nitro benzene ring substituents is 1. The third-order valence-electron chi connectivity index (χ3n) is 4.45. The Kier molecular flexibility index (Phi) is 6.47. The minimum Gasteiger partial charge on any atom is -0.506 e. The molecule has 0 spiro atoms. The van der Waals surface area contributed by atoms with E-state index < -0.39 is 27.9 Å². The molecule has 0 saturated heterocycles. The van der Waals surface area contributed by atoms with Crippen molar-refractivity contribution in [1.29, 1.82) is 0 Å². The molecule has 0 amide bonds. The van der Waals surface area contributed by atoms with Crippen LogP contribution in [0.1, 0.15) is 33.2 Å². The quantitative estimate of drug-likeness (QED) is 0.220. The van der Waals surface area contributed by atoms with Crippen LogP contribution in [0.4, 0.5) is 5.69 Å². The Labute approximate surface area is 185 Å². The monoisotopic (exact) mass is 458 g/mol. The molecule has 0 saturated carbocycles. The molecular weight excluding hydrogens is 444 g/mol. The smallest absolute Gasteiger partial charge is 0.342 e. The van der Waals surface area contributed by atoms with Gasteiger partial charge in [0.25, 0.3) is 5.69 Å². The molecule has 0 aliphatic carbocycles. The fourth-order valence-corrected chi connectivity index (χ4v) is 4.04. The summed E-state index contributed by atoms with van der Waals surface area (Å²) in [4.78, 5) is 38.6. The van der Waals surface area contributed by atoms with Crippen molar-refractivity contribution in [2.75, 3.05) is 6.54 Å². The van der Waals surface area contributed by atoms with Crippen LogP contribution in [0.5, 0.6) is 5.75 Å². The van der Waals surface area contributed by atoms with Crippen LogP contribution in [-0.4, -0.2) is 39.1 Å². The number of carboxylic acids is 1. The summed E-state index contributed by atoms with van der Waals surface area (Å²) in [6.07, 6.45) is 0. The van der Waals surface area contributed by atoms with Crippen molar-refractivity contribution in [3.05, 3.63) is 79.7 Å². The van der Waals surface area contributed by atoms with Crippen molar-refractivity contribution in [3.63, 3.8) is 0 Å². The molecular formula is C21H15ClN2O6S. The molecule has 158 valence electrons. The zero-order valence-corrected chi connectivity index (χ0v) is 17.6. The highest BCUT2D eigenvalue weighted by atomic mass is 35.5. The summed E-state index contributed by atoms with van der Waals surface area (Å²) in [6, 6.07) is 10.2. The number of aromatic hydroxyl groups is 1. The summed E-state index contributed by atoms with van der Waals surface area (Å²) in [5.41, 5.74) is 0.420. The summed E-state index contributed by atoms with van der Waals surface area (Å²) in [7, 11) is 0. The average Bonchev–Trinajstić information content (AvgIpc) is 3.12. The van der Waals surface area contributed by atoms with Gasteiger partial charge in [0.1, 0.15) is 17.9 Å². The van der Waals surface area contributed by atoms with Crippen LogP contribution in [0.15, 0.2) is 52.8 Å². The molecule has 3 rings (SSSR count). The molecule has 8 nitrogen and oxygen atoms in total. The first-order chi connectivity index (χ1) is 14.7. The lowest BCUT2D eigenvalue weighted by Crippen LogP contribution is -2.09. The number of nitro groups is 1. The summed E-state index contributed by atoms with van der Waals surface area (Å²) in [5.74, 6) is -1.96. The number of thiophene rings is 1. The number of aliphatic imine (C=N–C) groups is 1. The lowest BCUT2D eigenvalue weighted by atomic mass is 10.1. The topological polar surface area (TPSA) is 130 Å². The Hall–Kier alpha value is -3.56. The minimum atomic E-state index is -1.46. The van der Waals surface area contributed by atoms with Gasteiger partial charge in [0.05, 0.1) is 9.80 Å². The number of hydrogen-bond donors (Lipinski definition) is 2. The van der Waals surface area contributed by atoms with Crippen molar-refractivity contribution < 1.29 is 24.7 Å². The highest BCUT2D eigenvalue weighted by molar-refractivity contribution is 7.14. The highest BCUT2D eigenvalue weighted by Gasteiger charge is 2.22. The van der Waals surface area contributed by atoms with Crippen LogP contribution in [0.2, 0.25) is 5.02 Å². The van der Waals surface area contributed by atoms with Crippen LogP contribution >= 0.6 is 22.9 Å². The molecule has 1 aromatic heterocycles. The number of ketones is 1. The van der Waals surface area contributed by atoms with Gasteiger partial charge in [-0.15, -0.1) is 11.3 Å². The van der Waals surface area contributed by atoms with E-state index in [1.807, 2.05) is 6.07 Å². The lowest BCUT2D eigenvalue weighted by Gasteiger charge is -2.04. The van der Waals surface area contributed by atoms with Crippen LogP contribution < -0.4 is 0 Å². The summed E-state index contributed by atoms with van der Waals surface area (Å²) in [5, 5.41) is 32.9. The van der Waals surface area contributed by atoms with E-state index in [1.165, 1.54) is 17.4 Å². The second-order valence-corrected chi connectivity index (χ2v) is 7.77. The van der Waals surface area contributed by atoms with E-state index in [4.69, 9.17) is 16.7 Å². The number of Topliss-reactive ketones (excluding diaryl/α,β-unsaturated/α-hetero) is 1. The van der Waals surface area contributed by atoms with E-state index in [9.17, 15) is 24.8 Å². The van der Waals surface area contributed by atoms with Gasteiger partial charge in [0.15, 0.2) is 5.78 Å². The normalized spacial score (nSPS) is 11.4. The van der Waals surface area contributed by atoms with E-state index in [0.717, 1.165) is 17.7 Å². The summed E-state index contributed by atoms with van der Waals surface area (Å²) in [6.45, 7) is 1.31. The van der Waals surface area contributed by atoms with E-state index >= 15 is 0 Å².